The number of aromatic carboxylic acids is 1. The predicted octanol–water partition coefficient (Wildman–Crippen LogP) is 3.08. The third kappa shape index (κ3) is 7.29. The van der Waals surface area contributed by atoms with Gasteiger partial charge in [0.15, 0.2) is 0 Å². The fourth-order valence-electron chi connectivity index (χ4n) is 2.39. The van der Waals surface area contributed by atoms with Gasteiger partial charge in [-0.1, -0.05) is 36.4 Å². The van der Waals surface area contributed by atoms with Gasteiger partial charge in [-0.05, 0) is 36.6 Å². The Morgan fingerprint density at radius 3 is 2.56 bits per heavy atom. The molecule has 2 aromatic carbocycles. The first kappa shape index (κ1) is 20.1. The third-order valence-corrected chi connectivity index (χ3v) is 3.78. The Labute approximate surface area is 157 Å². The molecule has 0 aliphatic heterocycles. The molecule has 7 nitrogen and oxygen atoms in total. The van der Waals surface area contributed by atoms with E-state index in [1.165, 1.54) is 17.2 Å². The zero-order valence-electron chi connectivity index (χ0n) is 14.8. The molecule has 0 radical (unpaired) electrons. The minimum atomic E-state index is -1.05. The second-order valence-corrected chi connectivity index (χ2v) is 5.90. The number of hydroxylamine groups is 2. The van der Waals surface area contributed by atoms with Crippen LogP contribution in [0.3, 0.4) is 0 Å². The molecule has 2 aromatic rings. The minimum Gasteiger partial charge on any atom is -0.478 e. The van der Waals surface area contributed by atoms with E-state index in [0.29, 0.717) is 38.1 Å². The lowest BCUT2D eigenvalue weighted by Crippen LogP contribution is -2.23. The maximum absolute atomic E-state index is 11.9. The zero-order valence-corrected chi connectivity index (χ0v) is 14.8. The summed E-state index contributed by atoms with van der Waals surface area (Å²) >= 11 is 0. The first-order chi connectivity index (χ1) is 13.1. The molecule has 2 N–H and O–H groups in total. The fraction of sp³-hybridized carbons (Fsp3) is 0.250. The van der Waals surface area contributed by atoms with Gasteiger partial charge < -0.3 is 10.4 Å². The molecule has 0 saturated heterocycles. The van der Waals surface area contributed by atoms with Gasteiger partial charge in [-0.2, -0.15) is 0 Å². The van der Waals surface area contributed by atoms with Gasteiger partial charge in [-0.3, -0.25) is 14.4 Å². The molecule has 0 bridgehead atoms. The molecule has 0 heterocycles. The first-order valence-corrected chi connectivity index (χ1v) is 8.60. The molecule has 0 aliphatic rings. The Morgan fingerprint density at radius 2 is 1.85 bits per heavy atom. The van der Waals surface area contributed by atoms with Gasteiger partial charge in [0, 0.05) is 18.7 Å². The van der Waals surface area contributed by atoms with Crippen LogP contribution < -0.4 is 5.32 Å². The summed E-state index contributed by atoms with van der Waals surface area (Å²) in [5.74, 6) is -1.25. The molecule has 142 valence electrons. The van der Waals surface area contributed by atoms with Crippen molar-refractivity contribution in [3.05, 3.63) is 65.7 Å². The average molecular weight is 370 g/mol. The van der Waals surface area contributed by atoms with E-state index >= 15 is 0 Å². The van der Waals surface area contributed by atoms with Crippen LogP contribution in [0.2, 0.25) is 0 Å². The summed E-state index contributed by atoms with van der Waals surface area (Å²) in [5.41, 5.74) is 1.53. The lowest BCUT2D eigenvalue weighted by molar-refractivity contribution is -0.177. The Bertz CT molecular complexity index is 764. The van der Waals surface area contributed by atoms with Crippen LogP contribution in [0.25, 0.3) is 0 Å². The van der Waals surface area contributed by atoms with Crippen molar-refractivity contribution in [2.75, 3.05) is 11.9 Å². The summed E-state index contributed by atoms with van der Waals surface area (Å²) in [7, 11) is 0. The Morgan fingerprint density at radius 1 is 1.07 bits per heavy atom. The summed E-state index contributed by atoms with van der Waals surface area (Å²) in [5, 5.41) is 12.8. The second kappa shape index (κ2) is 10.7. The normalized spacial score (nSPS) is 10.2. The van der Waals surface area contributed by atoms with E-state index in [-0.39, 0.29) is 17.9 Å². The Hall–Kier alpha value is -3.19. The smallest absolute Gasteiger partial charge is 0.335 e. The number of amides is 2. The van der Waals surface area contributed by atoms with Gasteiger partial charge in [0.25, 0.3) is 0 Å². The molecule has 0 spiro atoms. The summed E-state index contributed by atoms with van der Waals surface area (Å²) in [4.78, 5) is 39.4. The van der Waals surface area contributed by atoms with Gasteiger partial charge in [-0.25, -0.2) is 9.86 Å². The van der Waals surface area contributed by atoms with Crippen LogP contribution in [0.1, 0.15) is 35.2 Å². The molecule has 0 fully saturated rings. The van der Waals surface area contributed by atoms with Crippen molar-refractivity contribution < 1.29 is 24.3 Å². The largest absolute Gasteiger partial charge is 0.478 e. The molecule has 0 unspecified atom stereocenters. The highest BCUT2D eigenvalue weighted by molar-refractivity contribution is 5.93. The number of hydrogen-bond donors (Lipinski definition) is 2. The van der Waals surface area contributed by atoms with E-state index in [1.54, 1.807) is 12.1 Å². The van der Waals surface area contributed by atoms with Crippen LogP contribution in [-0.4, -0.2) is 35.0 Å². The number of carboxylic acids is 1. The lowest BCUT2D eigenvalue weighted by atomic mass is 10.2. The summed E-state index contributed by atoms with van der Waals surface area (Å²) in [6, 6.07) is 15.6. The number of carbonyl (C=O) groups excluding carboxylic acids is 2. The number of nitrogens with zero attached hydrogens (tertiary/aromatic N) is 1. The van der Waals surface area contributed by atoms with Crippen molar-refractivity contribution in [2.24, 2.45) is 0 Å². The van der Waals surface area contributed by atoms with Crippen molar-refractivity contribution in [1.29, 1.82) is 0 Å². The van der Waals surface area contributed by atoms with Crippen molar-refractivity contribution in [3.8, 4) is 0 Å². The van der Waals surface area contributed by atoms with E-state index in [9.17, 15) is 14.4 Å². The van der Waals surface area contributed by atoms with Crippen LogP contribution in [0.4, 0.5) is 5.69 Å². The van der Waals surface area contributed by atoms with E-state index in [0.717, 1.165) is 5.56 Å². The van der Waals surface area contributed by atoms with Crippen LogP contribution in [0.5, 0.6) is 0 Å². The number of hydrogen-bond acceptors (Lipinski definition) is 4. The number of carbonyl (C=O) groups is 3. The molecule has 0 aromatic heterocycles. The number of nitrogens with one attached hydrogen (secondary N) is 1. The monoisotopic (exact) mass is 370 g/mol. The lowest BCUT2D eigenvalue weighted by Gasteiger charge is -2.16. The van der Waals surface area contributed by atoms with E-state index < -0.39 is 5.97 Å². The van der Waals surface area contributed by atoms with Gasteiger partial charge in [-0.15, -0.1) is 0 Å². The SMILES string of the molecule is O=CN(CCCCC(=O)Nc1cccc(C(=O)O)c1)OCc1ccccc1. The van der Waals surface area contributed by atoms with E-state index in [4.69, 9.17) is 9.94 Å². The molecule has 0 atom stereocenters. The summed E-state index contributed by atoms with van der Waals surface area (Å²) in [6.45, 7) is 0.693. The molecule has 27 heavy (non-hydrogen) atoms. The summed E-state index contributed by atoms with van der Waals surface area (Å²) in [6.07, 6.45) is 2.07. The Kier molecular flexibility index (Phi) is 7.99. The minimum absolute atomic E-state index is 0.116. The maximum Gasteiger partial charge on any atom is 0.335 e. The van der Waals surface area contributed by atoms with Crippen molar-refractivity contribution in [2.45, 2.75) is 25.9 Å². The molecule has 0 saturated carbocycles. The molecule has 7 heteroatoms. The predicted molar refractivity (Wildman–Crippen MR) is 99.9 cm³/mol. The number of unbranched alkanes of at least 4 members (excludes halogenated alkanes) is 1. The molecule has 2 amide bonds. The molecule has 2 rings (SSSR count). The van der Waals surface area contributed by atoms with Crippen LogP contribution in [0, 0.1) is 0 Å². The van der Waals surface area contributed by atoms with Crippen LogP contribution >= 0.6 is 0 Å². The highest BCUT2D eigenvalue weighted by Gasteiger charge is 2.07. The van der Waals surface area contributed by atoms with E-state index in [2.05, 4.69) is 5.32 Å². The first-order valence-electron chi connectivity index (χ1n) is 8.60. The highest BCUT2D eigenvalue weighted by Crippen LogP contribution is 2.12. The van der Waals surface area contributed by atoms with Crippen molar-refractivity contribution in [3.63, 3.8) is 0 Å². The van der Waals surface area contributed by atoms with Gasteiger partial charge >= 0.3 is 5.97 Å². The fourth-order valence-corrected chi connectivity index (χ4v) is 2.39. The van der Waals surface area contributed by atoms with Crippen LogP contribution in [-0.2, 0) is 21.0 Å². The zero-order chi connectivity index (χ0) is 19.5. The number of anilines is 1. The number of benzene rings is 2. The summed E-state index contributed by atoms with van der Waals surface area (Å²) < 4.78 is 0. The Balaban J connectivity index is 1.67. The van der Waals surface area contributed by atoms with Gasteiger partial charge in [0.05, 0.1) is 5.56 Å². The number of rotatable bonds is 11. The quantitative estimate of drug-likeness (QED) is 0.360. The van der Waals surface area contributed by atoms with Crippen molar-refractivity contribution >= 4 is 24.0 Å². The number of carboxylic acid groups (broad SMARTS) is 1. The second-order valence-electron chi connectivity index (χ2n) is 5.90. The topological polar surface area (TPSA) is 95.9 Å². The molecular formula is C20H22N2O5. The van der Waals surface area contributed by atoms with Crippen LogP contribution in [0.15, 0.2) is 54.6 Å². The average Bonchev–Trinajstić information content (AvgIpc) is 2.68. The standard InChI is InChI=1S/C20H22N2O5/c23-15-22(27-14-16-7-2-1-3-8-16)12-5-4-11-19(24)21-18-10-6-9-17(13-18)20(25)26/h1-3,6-10,13,15H,4-5,11-12,14H2,(H,21,24)(H,25,26). The highest BCUT2D eigenvalue weighted by atomic mass is 16.7. The third-order valence-electron chi connectivity index (χ3n) is 3.78. The molecular weight excluding hydrogens is 348 g/mol. The maximum atomic E-state index is 11.9. The van der Waals surface area contributed by atoms with Gasteiger partial charge in [0.2, 0.25) is 12.3 Å². The van der Waals surface area contributed by atoms with E-state index in [1.807, 2.05) is 30.3 Å². The van der Waals surface area contributed by atoms with Crippen molar-refractivity contribution in [1.82, 2.24) is 5.06 Å². The molecule has 0 aliphatic carbocycles. The van der Waals surface area contributed by atoms with Gasteiger partial charge in [0.1, 0.15) is 6.61 Å².